The number of carboxylic acids is 1. The first-order valence-electron chi connectivity index (χ1n) is 6.32. The molecule has 1 aliphatic carbocycles. The predicted octanol–water partition coefficient (Wildman–Crippen LogP) is 1.54. The van der Waals surface area contributed by atoms with Crippen molar-refractivity contribution >= 4 is 17.8 Å². The molecular weight excluding hydrogens is 248 g/mol. The standard InChI is InChI=1S/C12H18N4O3/c1-8(2)16-6-5-10(14-16)13-12(19)15(7-11(17)18)9-3-4-9/h5-6,8-9H,3-4,7H2,1-2H3,(H,17,18)(H,13,14,19). The molecule has 0 aliphatic heterocycles. The van der Waals surface area contributed by atoms with Gasteiger partial charge in [0.1, 0.15) is 6.54 Å². The van der Waals surface area contributed by atoms with E-state index in [0.29, 0.717) is 5.82 Å². The van der Waals surface area contributed by atoms with Gasteiger partial charge in [-0.15, -0.1) is 0 Å². The smallest absolute Gasteiger partial charge is 0.323 e. The van der Waals surface area contributed by atoms with Gasteiger partial charge in [0.15, 0.2) is 5.82 Å². The number of hydrogen-bond acceptors (Lipinski definition) is 3. The molecule has 1 aromatic heterocycles. The quantitative estimate of drug-likeness (QED) is 0.846. The Bertz CT molecular complexity index is 479. The third-order valence-corrected chi connectivity index (χ3v) is 2.93. The summed E-state index contributed by atoms with van der Waals surface area (Å²) < 4.78 is 1.73. The van der Waals surface area contributed by atoms with E-state index in [1.165, 1.54) is 4.90 Å². The van der Waals surface area contributed by atoms with Crippen molar-refractivity contribution in [1.82, 2.24) is 14.7 Å². The minimum Gasteiger partial charge on any atom is -0.480 e. The molecule has 7 nitrogen and oxygen atoms in total. The minimum atomic E-state index is -1.00. The van der Waals surface area contributed by atoms with E-state index in [1.54, 1.807) is 16.9 Å². The molecule has 1 aliphatic rings. The van der Waals surface area contributed by atoms with Crippen LogP contribution in [-0.4, -0.2) is 44.4 Å². The molecule has 1 aromatic rings. The van der Waals surface area contributed by atoms with Crippen LogP contribution in [0.4, 0.5) is 10.6 Å². The van der Waals surface area contributed by atoms with Crippen molar-refractivity contribution in [3.05, 3.63) is 12.3 Å². The highest BCUT2D eigenvalue weighted by Gasteiger charge is 2.34. The number of carboxylic acid groups (broad SMARTS) is 1. The molecular formula is C12H18N4O3. The number of amides is 2. The Labute approximate surface area is 111 Å². The van der Waals surface area contributed by atoms with E-state index in [2.05, 4.69) is 10.4 Å². The number of nitrogens with one attached hydrogen (secondary N) is 1. The first-order chi connectivity index (χ1) is 8.97. The number of nitrogens with zero attached hydrogens (tertiary/aromatic N) is 3. The van der Waals surface area contributed by atoms with Crippen molar-refractivity contribution in [2.45, 2.75) is 38.8 Å². The van der Waals surface area contributed by atoms with Gasteiger partial charge in [0.2, 0.25) is 0 Å². The third kappa shape index (κ3) is 3.46. The van der Waals surface area contributed by atoms with Crippen LogP contribution in [0, 0.1) is 0 Å². The van der Waals surface area contributed by atoms with Crippen LogP contribution in [0.5, 0.6) is 0 Å². The van der Waals surface area contributed by atoms with E-state index >= 15 is 0 Å². The lowest BCUT2D eigenvalue weighted by atomic mass is 10.4. The zero-order chi connectivity index (χ0) is 14.0. The first-order valence-corrected chi connectivity index (χ1v) is 6.32. The predicted molar refractivity (Wildman–Crippen MR) is 69.0 cm³/mol. The van der Waals surface area contributed by atoms with Crippen LogP contribution in [-0.2, 0) is 4.79 Å². The second kappa shape index (κ2) is 5.29. The van der Waals surface area contributed by atoms with E-state index < -0.39 is 12.0 Å². The molecule has 0 unspecified atom stereocenters. The van der Waals surface area contributed by atoms with Gasteiger partial charge in [-0.05, 0) is 26.7 Å². The minimum absolute atomic E-state index is 0.0447. The summed E-state index contributed by atoms with van der Waals surface area (Å²) in [6, 6.07) is 1.55. The lowest BCUT2D eigenvalue weighted by Crippen LogP contribution is -2.40. The number of carbonyl (C=O) groups excluding carboxylic acids is 1. The molecule has 2 N–H and O–H groups in total. The van der Waals surface area contributed by atoms with Gasteiger partial charge in [-0.1, -0.05) is 0 Å². The van der Waals surface area contributed by atoms with E-state index in [-0.39, 0.29) is 18.6 Å². The van der Waals surface area contributed by atoms with Crippen LogP contribution in [0.15, 0.2) is 12.3 Å². The van der Waals surface area contributed by atoms with Gasteiger partial charge in [-0.2, -0.15) is 5.10 Å². The number of carbonyl (C=O) groups is 2. The zero-order valence-corrected chi connectivity index (χ0v) is 11.0. The summed E-state index contributed by atoms with van der Waals surface area (Å²) in [4.78, 5) is 24.1. The lowest BCUT2D eigenvalue weighted by molar-refractivity contribution is -0.137. The van der Waals surface area contributed by atoms with Crippen LogP contribution in [0.1, 0.15) is 32.7 Å². The number of aliphatic carboxylic acids is 1. The van der Waals surface area contributed by atoms with E-state index in [1.807, 2.05) is 13.8 Å². The van der Waals surface area contributed by atoms with Crippen molar-refractivity contribution in [3.63, 3.8) is 0 Å². The Hall–Kier alpha value is -2.05. The number of rotatable bonds is 5. The van der Waals surface area contributed by atoms with E-state index in [0.717, 1.165) is 12.8 Å². The second-order valence-electron chi connectivity index (χ2n) is 4.96. The number of urea groups is 1. The fourth-order valence-electron chi connectivity index (χ4n) is 1.77. The fourth-order valence-corrected chi connectivity index (χ4v) is 1.77. The molecule has 1 fully saturated rings. The third-order valence-electron chi connectivity index (χ3n) is 2.93. The number of hydrogen-bond donors (Lipinski definition) is 2. The zero-order valence-electron chi connectivity index (χ0n) is 11.0. The molecule has 0 spiro atoms. The summed E-state index contributed by atoms with van der Waals surface area (Å²) in [5, 5.41) is 15.6. The lowest BCUT2D eigenvalue weighted by Gasteiger charge is -2.19. The van der Waals surface area contributed by atoms with Crippen LogP contribution < -0.4 is 5.32 Å². The highest BCUT2D eigenvalue weighted by Crippen LogP contribution is 2.27. The Morgan fingerprint density at radius 2 is 2.26 bits per heavy atom. The Morgan fingerprint density at radius 1 is 1.58 bits per heavy atom. The summed E-state index contributed by atoms with van der Waals surface area (Å²) in [7, 11) is 0. The molecule has 7 heteroatoms. The average Bonchev–Trinajstić information content (AvgIpc) is 3.05. The highest BCUT2D eigenvalue weighted by molar-refractivity contribution is 5.90. The van der Waals surface area contributed by atoms with Crippen LogP contribution in [0.2, 0.25) is 0 Å². The van der Waals surface area contributed by atoms with Crippen LogP contribution >= 0.6 is 0 Å². The van der Waals surface area contributed by atoms with Gasteiger partial charge in [0.25, 0.3) is 0 Å². The molecule has 1 saturated carbocycles. The topological polar surface area (TPSA) is 87.5 Å². The molecule has 19 heavy (non-hydrogen) atoms. The summed E-state index contributed by atoms with van der Waals surface area (Å²) in [5.41, 5.74) is 0. The van der Waals surface area contributed by atoms with Crippen molar-refractivity contribution < 1.29 is 14.7 Å². The monoisotopic (exact) mass is 266 g/mol. The maximum Gasteiger partial charge on any atom is 0.323 e. The van der Waals surface area contributed by atoms with Gasteiger partial charge in [-0.25, -0.2) is 4.79 Å². The summed E-state index contributed by atoms with van der Waals surface area (Å²) in [5.74, 6) is -0.565. The molecule has 0 saturated heterocycles. The molecule has 0 atom stereocenters. The number of aromatic nitrogens is 2. The first kappa shape index (κ1) is 13.4. The fraction of sp³-hybridized carbons (Fsp3) is 0.583. The van der Waals surface area contributed by atoms with Crippen LogP contribution in [0.25, 0.3) is 0 Å². The van der Waals surface area contributed by atoms with Crippen LogP contribution in [0.3, 0.4) is 0 Å². The molecule has 104 valence electrons. The SMILES string of the molecule is CC(C)n1ccc(NC(=O)N(CC(=O)O)C2CC2)n1. The van der Waals surface area contributed by atoms with E-state index in [9.17, 15) is 9.59 Å². The second-order valence-corrected chi connectivity index (χ2v) is 4.96. The molecule has 2 amide bonds. The summed E-state index contributed by atoms with van der Waals surface area (Å²) in [6.07, 6.45) is 3.50. The van der Waals surface area contributed by atoms with Gasteiger partial charge >= 0.3 is 12.0 Å². The Morgan fingerprint density at radius 3 is 2.74 bits per heavy atom. The van der Waals surface area contributed by atoms with Gasteiger partial charge in [0.05, 0.1) is 0 Å². The molecule has 0 radical (unpaired) electrons. The normalized spacial score (nSPS) is 14.5. The van der Waals surface area contributed by atoms with E-state index in [4.69, 9.17) is 5.11 Å². The van der Waals surface area contributed by atoms with Crippen molar-refractivity contribution in [2.24, 2.45) is 0 Å². The molecule has 2 rings (SSSR count). The van der Waals surface area contributed by atoms with Crippen molar-refractivity contribution in [3.8, 4) is 0 Å². The Kier molecular flexibility index (Phi) is 3.73. The molecule has 0 aromatic carbocycles. The van der Waals surface area contributed by atoms with Gasteiger partial charge in [0, 0.05) is 24.3 Å². The van der Waals surface area contributed by atoms with Crippen molar-refractivity contribution in [2.75, 3.05) is 11.9 Å². The largest absolute Gasteiger partial charge is 0.480 e. The number of anilines is 1. The Balaban J connectivity index is 1.99. The van der Waals surface area contributed by atoms with Gasteiger partial charge < -0.3 is 10.0 Å². The maximum absolute atomic E-state index is 12.0. The summed E-state index contributed by atoms with van der Waals surface area (Å²) in [6.45, 7) is 3.69. The average molecular weight is 266 g/mol. The molecule has 1 heterocycles. The highest BCUT2D eigenvalue weighted by atomic mass is 16.4. The summed E-state index contributed by atoms with van der Waals surface area (Å²) >= 11 is 0. The van der Waals surface area contributed by atoms with Crippen molar-refractivity contribution in [1.29, 1.82) is 0 Å². The van der Waals surface area contributed by atoms with Gasteiger partial charge in [-0.3, -0.25) is 14.8 Å². The molecule has 0 bridgehead atoms. The maximum atomic E-state index is 12.0.